The normalized spacial score (nSPS) is 21.1. The van der Waals surface area contributed by atoms with Gasteiger partial charge in [0.25, 0.3) is 0 Å². The summed E-state index contributed by atoms with van der Waals surface area (Å²) in [6, 6.07) is 4.43. The van der Waals surface area contributed by atoms with Gasteiger partial charge < -0.3 is 15.7 Å². The molecular weight excluding hydrogens is 207 g/mol. The molecule has 1 aliphatic rings. The highest BCUT2D eigenvalue weighted by atomic mass is 19.1. The van der Waals surface area contributed by atoms with Crippen LogP contribution < -0.4 is 10.6 Å². The fourth-order valence-electron chi connectivity index (χ4n) is 2.22. The summed E-state index contributed by atoms with van der Waals surface area (Å²) < 4.78 is 13.1. The third-order valence-electron chi connectivity index (χ3n) is 3.11. The van der Waals surface area contributed by atoms with Crippen molar-refractivity contribution in [1.29, 1.82) is 0 Å². The largest absolute Gasteiger partial charge is 0.397 e. The number of aliphatic hydroxyl groups excluding tert-OH is 1. The van der Waals surface area contributed by atoms with Crippen LogP contribution in [-0.2, 0) is 0 Å². The summed E-state index contributed by atoms with van der Waals surface area (Å²) >= 11 is 0. The predicted octanol–water partition coefficient (Wildman–Crippen LogP) is 1.62. The average Bonchev–Trinajstić information content (AvgIpc) is 2.32. The van der Waals surface area contributed by atoms with Crippen molar-refractivity contribution in [2.24, 2.45) is 5.92 Å². The number of halogens is 1. The summed E-state index contributed by atoms with van der Waals surface area (Å²) in [7, 11) is 0. The number of anilines is 2. The molecule has 88 valence electrons. The number of aliphatic hydroxyl groups is 1. The minimum Gasteiger partial charge on any atom is -0.397 e. The zero-order valence-corrected chi connectivity index (χ0v) is 9.19. The smallest absolute Gasteiger partial charge is 0.125 e. The molecule has 1 unspecified atom stereocenters. The molecule has 0 aliphatic carbocycles. The fraction of sp³-hybridized carbons (Fsp3) is 0.500. The van der Waals surface area contributed by atoms with Gasteiger partial charge >= 0.3 is 0 Å². The van der Waals surface area contributed by atoms with Crippen LogP contribution in [0.25, 0.3) is 0 Å². The van der Waals surface area contributed by atoms with Crippen LogP contribution in [0.15, 0.2) is 18.2 Å². The average molecular weight is 224 g/mol. The summed E-state index contributed by atoms with van der Waals surface area (Å²) in [5.41, 5.74) is 7.18. The number of nitrogens with zero attached hydrogens (tertiary/aromatic N) is 1. The number of hydrogen-bond donors (Lipinski definition) is 2. The lowest BCUT2D eigenvalue weighted by Crippen LogP contribution is -2.37. The SMILES string of the molecule is Nc1ccc(F)cc1N1CCCC(CO)C1. The van der Waals surface area contributed by atoms with Gasteiger partial charge in [0.05, 0.1) is 11.4 Å². The number of hydrogen-bond acceptors (Lipinski definition) is 3. The van der Waals surface area contributed by atoms with Crippen molar-refractivity contribution < 1.29 is 9.50 Å². The van der Waals surface area contributed by atoms with Gasteiger partial charge in [0.1, 0.15) is 5.82 Å². The lowest BCUT2D eigenvalue weighted by Gasteiger charge is -2.34. The molecule has 0 saturated carbocycles. The maximum atomic E-state index is 13.1. The summed E-state index contributed by atoms with van der Waals surface area (Å²) in [6.45, 7) is 1.82. The van der Waals surface area contributed by atoms with Gasteiger partial charge in [-0.1, -0.05) is 0 Å². The van der Waals surface area contributed by atoms with E-state index in [1.54, 1.807) is 6.07 Å². The van der Waals surface area contributed by atoms with E-state index in [1.165, 1.54) is 12.1 Å². The fourth-order valence-corrected chi connectivity index (χ4v) is 2.22. The van der Waals surface area contributed by atoms with E-state index < -0.39 is 0 Å². The van der Waals surface area contributed by atoms with Gasteiger partial charge in [-0.15, -0.1) is 0 Å². The number of piperidine rings is 1. The van der Waals surface area contributed by atoms with Crippen LogP contribution in [0.3, 0.4) is 0 Å². The molecule has 1 aromatic rings. The number of nitrogens with two attached hydrogens (primary N) is 1. The van der Waals surface area contributed by atoms with Crippen LogP contribution in [0.4, 0.5) is 15.8 Å². The maximum absolute atomic E-state index is 13.1. The molecule has 0 amide bonds. The van der Waals surface area contributed by atoms with E-state index in [1.807, 2.05) is 0 Å². The monoisotopic (exact) mass is 224 g/mol. The Labute approximate surface area is 94.7 Å². The van der Waals surface area contributed by atoms with Crippen molar-refractivity contribution in [2.45, 2.75) is 12.8 Å². The van der Waals surface area contributed by atoms with E-state index in [2.05, 4.69) is 4.90 Å². The van der Waals surface area contributed by atoms with E-state index in [-0.39, 0.29) is 18.3 Å². The van der Waals surface area contributed by atoms with Gasteiger partial charge in [-0.2, -0.15) is 0 Å². The van der Waals surface area contributed by atoms with Crippen LogP contribution >= 0.6 is 0 Å². The number of nitrogen functional groups attached to an aromatic ring is 1. The van der Waals surface area contributed by atoms with Gasteiger partial charge in [-0.25, -0.2) is 4.39 Å². The van der Waals surface area contributed by atoms with E-state index in [0.29, 0.717) is 5.69 Å². The van der Waals surface area contributed by atoms with E-state index >= 15 is 0 Å². The third kappa shape index (κ3) is 2.27. The molecule has 3 N–H and O–H groups in total. The van der Waals surface area contributed by atoms with Crippen LogP contribution in [0.2, 0.25) is 0 Å². The first-order valence-electron chi connectivity index (χ1n) is 5.61. The predicted molar refractivity (Wildman–Crippen MR) is 62.8 cm³/mol. The Bertz CT molecular complexity index is 370. The molecular formula is C12H17FN2O. The van der Waals surface area contributed by atoms with Gasteiger partial charge in [0.15, 0.2) is 0 Å². The second kappa shape index (κ2) is 4.70. The lowest BCUT2D eigenvalue weighted by atomic mass is 9.98. The first-order chi connectivity index (χ1) is 7.70. The van der Waals surface area contributed by atoms with Crippen LogP contribution in [0.1, 0.15) is 12.8 Å². The molecule has 16 heavy (non-hydrogen) atoms. The highest BCUT2D eigenvalue weighted by Gasteiger charge is 2.20. The molecule has 1 aromatic carbocycles. The van der Waals surface area contributed by atoms with Crippen LogP contribution in [0.5, 0.6) is 0 Å². The summed E-state index contributed by atoms with van der Waals surface area (Å²) in [5, 5.41) is 9.15. The van der Waals surface area contributed by atoms with Crippen molar-refractivity contribution >= 4 is 11.4 Å². The Morgan fingerprint density at radius 3 is 3.06 bits per heavy atom. The molecule has 0 bridgehead atoms. The molecule has 4 heteroatoms. The van der Waals surface area contributed by atoms with Crippen molar-refractivity contribution in [3.63, 3.8) is 0 Å². The van der Waals surface area contributed by atoms with Gasteiger partial charge in [-0.05, 0) is 37.0 Å². The minimum absolute atomic E-state index is 0.186. The summed E-state index contributed by atoms with van der Waals surface area (Å²) in [5.74, 6) is 0.00624. The standard InChI is InChI=1S/C12H17FN2O/c13-10-3-4-11(14)12(6-10)15-5-1-2-9(7-15)8-16/h3-4,6,9,16H,1-2,5,7-8,14H2. The molecule has 1 atom stereocenters. The molecule has 2 rings (SSSR count). The summed E-state index contributed by atoms with van der Waals surface area (Å²) in [6.07, 6.45) is 2.05. The van der Waals surface area contributed by atoms with E-state index in [9.17, 15) is 4.39 Å². The van der Waals surface area contributed by atoms with Gasteiger partial charge in [-0.3, -0.25) is 0 Å². The summed E-state index contributed by atoms with van der Waals surface area (Å²) in [4.78, 5) is 2.06. The quantitative estimate of drug-likeness (QED) is 0.750. The second-order valence-electron chi connectivity index (χ2n) is 4.34. The molecule has 1 heterocycles. The Morgan fingerprint density at radius 1 is 1.50 bits per heavy atom. The first-order valence-corrected chi connectivity index (χ1v) is 5.61. The van der Waals surface area contributed by atoms with Crippen molar-refractivity contribution in [1.82, 2.24) is 0 Å². The molecule has 1 saturated heterocycles. The van der Waals surface area contributed by atoms with Crippen molar-refractivity contribution in [2.75, 3.05) is 30.3 Å². The van der Waals surface area contributed by atoms with E-state index in [4.69, 9.17) is 10.8 Å². The van der Waals surface area contributed by atoms with Gasteiger partial charge in [0, 0.05) is 19.7 Å². The van der Waals surface area contributed by atoms with Crippen molar-refractivity contribution in [3.8, 4) is 0 Å². The molecule has 0 aromatic heterocycles. The maximum Gasteiger partial charge on any atom is 0.125 e. The second-order valence-corrected chi connectivity index (χ2v) is 4.34. The van der Waals surface area contributed by atoms with E-state index in [0.717, 1.165) is 31.6 Å². The molecule has 1 aliphatic heterocycles. The third-order valence-corrected chi connectivity index (χ3v) is 3.11. The molecule has 0 spiro atoms. The highest BCUT2D eigenvalue weighted by Crippen LogP contribution is 2.28. The lowest BCUT2D eigenvalue weighted by molar-refractivity contribution is 0.209. The minimum atomic E-state index is -0.268. The molecule has 3 nitrogen and oxygen atoms in total. The number of rotatable bonds is 2. The van der Waals surface area contributed by atoms with Gasteiger partial charge in [0.2, 0.25) is 0 Å². The zero-order chi connectivity index (χ0) is 11.5. The number of benzene rings is 1. The Kier molecular flexibility index (Phi) is 3.29. The highest BCUT2D eigenvalue weighted by molar-refractivity contribution is 5.67. The topological polar surface area (TPSA) is 49.5 Å². The Balaban J connectivity index is 2.19. The molecule has 1 fully saturated rings. The van der Waals surface area contributed by atoms with Crippen LogP contribution in [-0.4, -0.2) is 24.8 Å². The Morgan fingerprint density at radius 2 is 2.31 bits per heavy atom. The zero-order valence-electron chi connectivity index (χ0n) is 9.19. The van der Waals surface area contributed by atoms with Crippen molar-refractivity contribution in [3.05, 3.63) is 24.0 Å². The van der Waals surface area contributed by atoms with Crippen LogP contribution in [0, 0.1) is 11.7 Å². The first kappa shape index (κ1) is 11.2. The Hall–Kier alpha value is -1.29. The molecule has 0 radical (unpaired) electrons.